The SMILES string of the molecule is CCc1c(NC2CCN(c3cc(C)nn3C)C2=O)cnn1-c1ccccc1C. The van der Waals surface area contributed by atoms with E-state index >= 15 is 0 Å². The van der Waals surface area contributed by atoms with Crippen molar-refractivity contribution in [1.82, 2.24) is 19.6 Å². The number of amides is 1. The van der Waals surface area contributed by atoms with E-state index in [2.05, 4.69) is 41.5 Å². The molecule has 7 heteroatoms. The van der Waals surface area contributed by atoms with Gasteiger partial charge >= 0.3 is 0 Å². The number of aromatic nitrogens is 4. The molecule has 0 bridgehead atoms. The van der Waals surface area contributed by atoms with E-state index in [9.17, 15) is 4.79 Å². The van der Waals surface area contributed by atoms with Crippen LogP contribution in [0.3, 0.4) is 0 Å². The van der Waals surface area contributed by atoms with Gasteiger partial charge in [0.05, 0.1) is 29.0 Å². The van der Waals surface area contributed by atoms with Gasteiger partial charge in [-0.1, -0.05) is 25.1 Å². The van der Waals surface area contributed by atoms with Crippen LogP contribution < -0.4 is 10.2 Å². The Morgan fingerprint density at radius 3 is 2.71 bits per heavy atom. The van der Waals surface area contributed by atoms with E-state index in [-0.39, 0.29) is 11.9 Å². The minimum Gasteiger partial charge on any atom is -0.371 e. The molecule has 0 radical (unpaired) electrons. The number of benzene rings is 1. The highest BCUT2D eigenvalue weighted by atomic mass is 16.2. The van der Waals surface area contributed by atoms with E-state index in [1.807, 2.05) is 47.9 Å². The zero-order valence-electron chi connectivity index (χ0n) is 16.8. The predicted octanol–water partition coefficient (Wildman–Crippen LogP) is 3.00. The molecule has 1 saturated heterocycles. The predicted molar refractivity (Wildman–Crippen MR) is 110 cm³/mol. The van der Waals surface area contributed by atoms with Crippen LogP contribution in [0, 0.1) is 13.8 Å². The lowest BCUT2D eigenvalue weighted by Crippen LogP contribution is -2.34. The number of nitrogens with one attached hydrogen (secondary N) is 1. The second-order valence-corrected chi connectivity index (χ2v) is 7.30. The summed E-state index contributed by atoms with van der Waals surface area (Å²) in [6, 6.07) is 9.89. The summed E-state index contributed by atoms with van der Waals surface area (Å²) in [5.41, 5.74) is 5.15. The molecule has 1 aliphatic heterocycles. The zero-order valence-corrected chi connectivity index (χ0v) is 16.8. The summed E-state index contributed by atoms with van der Waals surface area (Å²) >= 11 is 0. The number of nitrogens with zero attached hydrogens (tertiary/aromatic N) is 5. The molecule has 1 N–H and O–H groups in total. The minimum absolute atomic E-state index is 0.0775. The Hall–Kier alpha value is -3.09. The summed E-state index contributed by atoms with van der Waals surface area (Å²) in [5, 5.41) is 12.4. The smallest absolute Gasteiger partial charge is 0.250 e. The average Bonchev–Trinajstić information content (AvgIpc) is 3.33. The summed E-state index contributed by atoms with van der Waals surface area (Å²) < 4.78 is 3.74. The molecule has 2 aromatic heterocycles. The fraction of sp³-hybridized carbons (Fsp3) is 0.381. The number of para-hydroxylation sites is 1. The molecule has 7 nitrogen and oxygen atoms in total. The highest BCUT2D eigenvalue weighted by Gasteiger charge is 2.34. The lowest BCUT2D eigenvalue weighted by atomic mass is 10.2. The van der Waals surface area contributed by atoms with E-state index in [0.29, 0.717) is 6.54 Å². The largest absolute Gasteiger partial charge is 0.371 e. The number of hydrogen-bond donors (Lipinski definition) is 1. The van der Waals surface area contributed by atoms with Crippen LogP contribution in [0.15, 0.2) is 36.5 Å². The molecule has 0 aliphatic carbocycles. The van der Waals surface area contributed by atoms with E-state index in [4.69, 9.17) is 0 Å². The molecule has 3 aromatic rings. The minimum atomic E-state index is -0.255. The molecular weight excluding hydrogens is 352 g/mol. The number of hydrogen-bond acceptors (Lipinski definition) is 4. The second kappa shape index (κ2) is 7.14. The van der Waals surface area contributed by atoms with E-state index in [0.717, 1.165) is 41.4 Å². The lowest BCUT2D eigenvalue weighted by Gasteiger charge is -2.17. The quantitative estimate of drug-likeness (QED) is 0.741. The molecule has 1 unspecified atom stereocenters. The first-order chi connectivity index (χ1) is 13.5. The number of carbonyl (C=O) groups excluding carboxylic acids is 1. The van der Waals surface area contributed by atoms with Gasteiger partial charge in [-0.25, -0.2) is 4.68 Å². The van der Waals surface area contributed by atoms with Crippen molar-refractivity contribution in [3.05, 3.63) is 53.5 Å². The lowest BCUT2D eigenvalue weighted by molar-refractivity contribution is -0.117. The first-order valence-corrected chi connectivity index (χ1v) is 9.71. The fourth-order valence-corrected chi connectivity index (χ4v) is 3.92. The van der Waals surface area contributed by atoms with Crippen molar-refractivity contribution < 1.29 is 4.79 Å². The Balaban J connectivity index is 1.58. The highest BCUT2D eigenvalue weighted by Crippen LogP contribution is 2.27. The van der Waals surface area contributed by atoms with Crippen molar-refractivity contribution in [2.45, 2.75) is 39.7 Å². The molecule has 1 amide bonds. The summed E-state index contributed by atoms with van der Waals surface area (Å²) in [7, 11) is 1.87. The maximum absolute atomic E-state index is 13.0. The molecule has 1 fully saturated rings. The third-order valence-corrected chi connectivity index (χ3v) is 5.34. The second-order valence-electron chi connectivity index (χ2n) is 7.30. The molecule has 146 valence electrons. The summed E-state index contributed by atoms with van der Waals surface area (Å²) in [4.78, 5) is 14.8. The Morgan fingerprint density at radius 2 is 2.04 bits per heavy atom. The van der Waals surface area contributed by atoms with Crippen LogP contribution in [0.5, 0.6) is 0 Å². The van der Waals surface area contributed by atoms with Crippen LogP contribution in [0.25, 0.3) is 5.69 Å². The van der Waals surface area contributed by atoms with Crippen molar-refractivity contribution in [2.24, 2.45) is 7.05 Å². The molecular formula is C21H26N6O. The summed E-state index contributed by atoms with van der Waals surface area (Å²) in [5.74, 6) is 0.923. The Bertz CT molecular complexity index is 1020. The first kappa shape index (κ1) is 18.3. The van der Waals surface area contributed by atoms with E-state index in [1.54, 1.807) is 4.68 Å². The van der Waals surface area contributed by atoms with Gasteiger partial charge in [0.2, 0.25) is 0 Å². The Kier molecular flexibility index (Phi) is 4.66. The average molecular weight is 378 g/mol. The van der Waals surface area contributed by atoms with Gasteiger partial charge in [-0.3, -0.25) is 14.4 Å². The molecule has 0 spiro atoms. The van der Waals surface area contributed by atoms with Crippen LogP contribution in [0.2, 0.25) is 0 Å². The first-order valence-electron chi connectivity index (χ1n) is 9.71. The number of aryl methyl sites for hydroxylation is 3. The van der Waals surface area contributed by atoms with Gasteiger partial charge in [0.15, 0.2) is 0 Å². The maximum Gasteiger partial charge on any atom is 0.250 e. The maximum atomic E-state index is 13.0. The number of carbonyl (C=O) groups is 1. The van der Waals surface area contributed by atoms with Crippen molar-refractivity contribution in [3.8, 4) is 5.69 Å². The van der Waals surface area contributed by atoms with E-state index in [1.165, 1.54) is 5.56 Å². The molecule has 0 saturated carbocycles. The van der Waals surface area contributed by atoms with Crippen molar-refractivity contribution >= 4 is 17.4 Å². The number of rotatable bonds is 5. The summed E-state index contributed by atoms with van der Waals surface area (Å²) in [6.07, 6.45) is 3.40. The molecule has 1 aliphatic rings. The molecule has 4 rings (SSSR count). The third kappa shape index (κ3) is 3.06. The van der Waals surface area contributed by atoms with Crippen LogP contribution in [-0.4, -0.2) is 38.1 Å². The Morgan fingerprint density at radius 1 is 1.25 bits per heavy atom. The van der Waals surface area contributed by atoms with Gasteiger partial charge in [0.25, 0.3) is 5.91 Å². The van der Waals surface area contributed by atoms with E-state index < -0.39 is 0 Å². The fourth-order valence-electron chi connectivity index (χ4n) is 3.92. The third-order valence-electron chi connectivity index (χ3n) is 5.34. The molecule has 3 heterocycles. The Labute approximate surface area is 165 Å². The topological polar surface area (TPSA) is 68.0 Å². The van der Waals surface area contributed by atoms with Crippen molar-refractivity contribution in [1.29, 1.82) is 0 Å². The molecule has 1 aromatic carbocycles. The molecule has 28 heavy (non-hydrogen) atoms. The van der Waals surface area contributed by atoms with Crippen LogP contribution in [-0.2, 0) is 18.3 Å². The van der Waals surface area contributed by atoms with Gasteiger partial charge in [-0.2, -0.15) is 10.2 Å². The zero-order chi connectivity index (χ0) is 19.8. The standard InChI is InChI=1S/C21H26N6O/c1-5-18-17(13-22-27(18)19-9-7-6-8-14(19)2)23-16-10-11-26(21(16)28)20-12-15(3)24-25(20)4/h6-9,12-13,16,23H,5,10-11H2,1-4H3. The van der Waals surface area contributed by atoms with Gasteiger partial charge in [-0.15, -0.1) is 0 Å². The molecule has 1 atom stereocenters. The monoisotopic (exact) mass is 378 g/mol. The van der Waals surface area contributed by atoms with Gasteiger partial charge in [-0.05, 0) is 38.3 Å². The van der Waals surface area contributed by atoms with Gasteiger partial charge in [0, 0.05) is 19.7 Å². The normalized spacial score (nSPS) is 16.8. The van der Waals surface area contributed by atoms with Crippen LogP contribution in [0.4, 0.5) is 11.5 Å². The van der Waals surface area contributed by atoms with Crippen molar-refractivity contribution in [3.63, 3.8) is 0 Å². The summed E-state index contributed by atoms with van der Waals surface area (Å²) in [6.45, 7) is 6.81. The highest BCUT2D eigenvalue weighted by molar-refractivity contribution is 6.00. The van der Waals surface area contributed by atoms with Gasteiger partial charge < -0.3 is 5.32 Å². The van der Waals surface area contributed by atoms with Crippen LogP contribution in [0.1, 0.15) is 30.3 Å². The van der Waals surface area contributed by atoms with Crippen LogP contribution >= 0.6 is 0 Å². The van der Waals surface area contributed by atoms with Gasteiger partial charge in [0.1, 0.15) is 11.9 Å². The van der Waals surface area contributed by atoms with Crippen molar-refractivity contribution in [2.75, 3.05) is 16.8 Å². The number of anilines is 2.